The van der Waals surface area contributed by atoms with Crippen LogP contribution in [-0.2, 0) is 6.61 Å². The van der Waals surface area contributed by atoms with Crippen LogP contribution < -0.4 is 9.64 Å². The van der Waals surface area contributed by atoms with E-state index in [-0.39, 0.29) is 18.5 Å². The summed E-state index contributed by atoms with van der Waals surface area (Å²) in [5.41, 5.74) is 3.90. The van der Waals surface area contributed by atoms with Crippen LogP contribution in [-0.4, -0.2) is 35.1 Å². The van der Waals surface area contributed by atoms with Crippen molar-refractivity contribution in [3.05, 3.63) is 88.1 Å². The van der Waals surface area contributed by atoms with Gasteiger partial charge in [-0.25, -0.2) is 4.98 Å². The minimum Gasteiger partial charge on any atom is -0.471 e. The van der Waals surface area contributed by atoms with E-state index in [4.69, 9.17) is 16.3 Å². The van der Waals surface area contributed by atoms with E-state index in [1.165, 1.54) is 0 Å². The Labute approximate surface area is 180 Å². The molecule has 0 saturated carbocycles. The van der Waals surface area contributed by atoms with E-state index in [2.05, 4.69) is 9.88 Å². The molecule has 154 valence electrons. The van der Waals surface area contributed by atoms with Gasteiger partial charge in [-0.15, -0.1) is 0 Å². The fourth-order valence-electron chi connectivity index (χ4n) is 3.77. The van der Waals surface area contributed by atoms with Crippen molar-refractivity contribution in [3.63, 3.8) is 0 Å². The molecule has 1 fully saturated rings. The van der Waals surface area contributed by atoms with Gasteiger partial charge in [0.15, 0.2) is 5.78 Å². The van der Waals surface area contributed by atoms with Crippen molar-refractivity contribution in [3.8, 4) is 5.88 Å². The highest BCUT2D eigenvalue weighted by molar-refractivity contribution is 6.31. The maximum atomic E-state index is 12.9. The molecule has 30 heavy (non-hydrogen) atoms. The summed E-state index contributed by atoms with van der Waals surface area (Å²) in [5.74, 6) is 0.389. The van der Waals surface area contributed by atoms with E-state index in [1.807, 2.05) is 43.3 Å². The van der Waals surface area contributed by atoms with Crippen molar-refractivity contribution < 1.29 is 14.6 Å². The molecule has 1 N–H and O–H groups in total. The Balaban J connectivity index is 1.51. The highest BCUT2D eigenvalue weighted by atomic mass is 35.5. The Morgan fingerprint density at radius 1 is 1.20 bits per heavy atom. The molecule has 2 heterocycles. The molecule has 1 saturated heterocycles. The standard InChI is InChI=1S/C24H23ClN2O3/c1-16-4-2-5-17(12-16)23(29)18-7-8-22(19(13-18)15-28)27-11-9-20(14-27)30-24-21(25)6-3-10-26-24/h2-8,10,12-13,20,28H,9,11,14-15H2,1H3. The molecular weight excluding hydrogens is 400 g/mol. The molecule has 1 aliphatic rings. The zero-order valence-corrected chi connectivity index (χ0v) is 17.5. The Hall–Kier alpha value is -2.89. The third kappa shape index (κ3) is 4.32. The van der Waals surface area contributed by atoms with Gasteiger partial charge in [0.05, 0.1) is 13.2 Å². The molecule has 0 spiro atoms. The summed E-state index contributed by atoms with van der Waals surface area (Å²) in [6.07, 6.45) is 2.43. The molecule has 1 aliphatic heterocycles. The number of aliphatic hydroxyl groups excluding tert-OH is 1. The summed E-state index contributed by atoms with van der Waals surface area (Å²) in [4.78, 5) is 19.2. The molecule has 0 bridgehead atoms. The van der Waals surface area contributed by atoms with Crippen LogP contribution in [0.2, 0.25) is 5.02 Å². The maximum Gasteiger partial charge on any atom is 0.232 e. The molecule has 0 aliphatic carbocycles. The second-order valence-electron chi connectivity index (χ2n) is 7.47. The van der Waals surface area contributed by atoms with Gasteiger partial charge < -0.3 is 14.7 Å². The van der Waals surface area contributed by atoms with E-state index in [0.29, 0.717) is 28.6 Å². The first-order valence-corrected chi connectivity index (χ1v) is 10.3. The number of hydrogen-bond donors (Lipinski definition) is 1. The van der Waals surface area contributed by atoms with Gasteiger partial charge in [-0.1, -0.05) is 35.4 Å². The molecule has 1 aromatic heterocycles. The first-order chi connectivity index (χ1) is 14.5. The molecule has 1 unspecified atom stereocenters. The van der Waals surface area contributed by atoms with Crippen molar-refractivity contribution in [2.24, 2.45) is 0 Å². The van der Waals surface area contributed by atoms with Crippen molar-refractivity contribution in [2.45, 2.75) is 26.1 Å². The Kier molecular flexibility index (Phi) is 6.02. The number of hydrogen-bond acceptors (Lipinski definition) is 5. The minimum atomic E-state index is -0.141. The van der Waals surface area contributed by atoms with E-state index in [9.17, 15) is 9.90 Å². The van der Waals surface area contributed by atoms with Crippen LogP contribution in [0.25, 0.3) is 0 Å². The summed E-state index contributed by atoms with van der Waals surface area (Å²) in [7, 11) is 0. The lowest BCUT2D eigenvalue weighted by Gasteiger charge is -2.22. The average Bonchev–Trinajstić information content (AvgIpc) is 3.22. The van der Waals surface area contributed by atoms with Gasteiger partial charge >= 0.3 is 0 Å². The molecule has 1 atom stereocenters. The smallest absolute Gasteiger partial charge is 0.232 e. The SMILES string of the molecule is Cc1cccc(C(=O)c2ccc(N3CCC(Oc4ncccc4Cl)C3)c(CO)c2)c1. The summed E-state index contributed by atoms with van der Waals surface area (Å²) < 4.78 is 5.96. The monoisotopic (exact) mass is 422 g/mol. The van der Waals surface area contributed by atoms with Gasteiger partial charge in [-0.05, 0) is 43.3 Å². The van der Waals surface area contributed by atoms with Crippen molar-refractivity contribution in [1.29, 1.82) is 0 Å². The first-order valence-electron chi connectivity index (χ1n) is 9.92. The molecule has 0 radical (unpaired) electrons. The number of aliphatic hydroxyl groups is 1. The van der Waals surface area contributed by atoms with E-state index in [0.717, 1.165) is 29.8 Å². The number of carbonyl (C=O) groups excluding carboxylic acids is 1. The van der Waals surface area contributed by atoms with E-state index >= 15 is 0 Å². The molecule has 3 aromatic rings. The molecular formula is C24H23ClN2O3. The van der Waals surface area contributed by atoms with Crippen LogP contribution in [0.1, 0.15) is 33.5 Å². The van der Waals surface area contributed by atoms with E-state index in [1.54, 1.807) is 24.4 Å². The van der Waals surface area contributed by atoms with Crippen LogP contribution in [0.4, 0.5) is 5.69 Å². The topological polar surface area (TPSA) is 62.7 Å². The second kappa shape index (κ2) is 8.86. The number of carbonyl (C=O) groups is 1. The Bertz CT molecular complexity index is 1070. The van der Waals surface area contributed by atoms with Crippen LogP contribution >= 0.6 is 11.6 Å². The lowest BCUT2D eigenvalue weighted by Crippen LogP contribution is -2.25. The second-order valence-corrected chi connectivity index (χ2v) is 7.87. The third-order valence-electron chi connectivity index (χ3n) is 5.28. The largest absolute Gasteiger partial charge is 0.471 e. The number of ether oxygens (including phenoxy) is 1. The third-order valence-corrected chi connectivity index (χ3v) is 5.57. The summed E-state index contributed by atoms with van der Waals surface area (Å²) in [6.45, 7) is 3.26. The number of pyridine rings is 1. The number of aryl methyl sites for hydroxylation is 1. The van der Waals surface area contributed by atoms with Crippen LogP contribution in [0.5, 0.6) is 5.88 Å². The molecule has 2 aromatic carbocycles. The highest BCUT2D eigenvalue weighted by Gasteiger charge is 2.27. The van der Waals surface area contributed by atoms with Gasteiger partial charge in [-0.3, -0.25) is 4.79 Å². The van der Waals surface area contributed by atoms with Crippen molar-refractivity contribution in [1.82, 2.24) is 4.98 Å². The van der Waals surface area contributed by atoms with Gasteiger partial charge in [0.2, 0.25) is 5.88 Å². The normalized spacial score (nSPS) is 16.0. The number of halogens is 1. The van der Waals surface area contributed by atoms with Gasteiger partial charge in [-0.2, -0.15) is 0 Å². The minimum absolute atomic E-state index is 0.0439. The molecule has 4 rings (SSSR count). The average molecular weight is 423 g/mol. The zero-order valence-electron chi connectivity index (χ0n) is 16.7. The Morgan fingerprint density at radius 3 is 2.80 bits per heavy atom. The summed E-state index contributed by atoms with van der Waals surface area (Å²) in [5, 5.41) is 10.4. The predicted molar refractivity (Wildman–Crippen MR) is 117 cm³/mol. The van der Waals surface area contributed by atoms with Gasteiger partial charge in [0.25, 0.3) is 0 Å². The Morgan fingerprint density at radius 2 is 2.03 bits per heavy atom. The first kappa shape index (κ1) is 20.4. The maximum absolute atomic E-state index is 12.9. The number of nitrogens with zero attached hydrogens (tertiary/aromatic N) is 2. The lowest BCUT2D eigenvalue weighted by molar-refractivity contribution is 0.103. The van der Waals surface area contributed by atoms with Crippen LogP contribution in [0.15, 0.2) is 60.8 Å². The van der Waals surface area contributed by atoms with Crippen LogP contribution in [0, 0.1) is 6.92 Å². The van der Waals surface area contributed by atoms with Gasteiger partial charge in [0, 0.05) is 41.5 Å². The van der Waals surface area contributed by atoms with Crippen molar-refractivity contribution >= 4 is 23.1 Å². The predicted octanol–water partition coefficient (Wildman–Crippen LogP) is 4.42. The highest BCUT2D eigenvalue weighted by Crippen LogP contribution is 2.29. The number of aromatic nitrogens is 1. The molecule has 0 amide bonds. The van der Waals surface area contributed by atoms with Crippen molar-refractivity contribution in [2.75, 3.05) is 18.0 Å². The number of rotatable bonds is 6. The fourth-order valence-corrected chi connectivity index (χ4v) is 3.94. The fraction of sp³-hybridized carbons (Fsp3) is 0.250. The quantitative estimate of drug-likeness (QED) is 0.595. The summed E-state index contributed by atoms with van der Waals surface area (Å²) >= 11 is 6.14. The summed E-state index contributed by atoms with van der Waals surface area (Å²) in [6, 6.07) is 16.6. The zero-order chi connectivity index (χ0) is 21.1. The number of anilines is 1. The lowest BCUT2D eigenvalue weighted by atomic mass is 9.99. The molecule has 5 nitrogen and oxygen atoms in total. The molecule has 6 heteroatoms. The van der Waals surface area contributed by atoms with Gasteiger partial charge in [0.1, 0.15) is 11.1 Å². The number of ketones is 1. The number of benzene rings is 2. The van der Waals surface area contributed by atoms with E-state index < -0.39 is 0 Å². The van der Waals surface area contributed by atoms with Crippen LogP contribution in [0.3, 0.4) is 0 Å².